The van der Waals surface area contributed by atoms with Crippen LogP contribution in [-0.2, 0) is 0 Å². The lowest BCUT2D eigenvalue weighted by molar-refractivity contribution is -0.393. The van der Waals surface area contributed by atoms with Crippen molar-refractivity contribution in [3.05, 3.63) is 80.4 Å². The van der Waals surface area contributed by atoms with E-state index in [4.69, 9.17) is 0 Å². The Balaban J connectivity index is 2.42. The monoisotopic (exact) mass is 382 g/mol. The highest BCUT2D eigenvalue weighted by Gasteiger charge is 2.21. The molecule has 0 fully saturated rings. The van der Waals surface area contributed by atoms with Gasteiger partial charge in [0, 0.05) is 11.5 Å². The molecule has 8 nitrogen and oxygen atoms in total. The molecule has 0 unspecified atom stereocenters. The van der Waals surface area contributed by atoms with Crippen molar-refractivity contribution >= 4 is 28.3 Å². The predicted molar refractivity (Wildman–Crippen MR) is 110 cm³/mol. The largest absolute Gasteiger partial charge is 0.301 e. The standard InChI is InChI=1S/C20H22N4O4/c1-14(15-8-6-5-7-9-15)12-19(20(2,3)4)22-21-17-11-10-16(23(25)26)13-18(17)24(27)28/h5-13,21H,1-4H3/b14-12+,22-19+. The van der Waals surface area contributed by atoms with E-state index < -0.39 is 15.5 Å². The Morgan fingerprint density at radius 2 is 1.68 bits per heavy atom. The van der Waals surface area contributed by atoms with Crippen molar-refractivity contribution in [3.63, 3.8) is 0 Å². The van der Waals surface area contributed by atoms with Gasteiger partial charge in [-0.2, -0.15) is 5.10 Å². The minimum atomic E-state index is -0.674. The van der Waals surface area contributed by atoms with E-state index >= 15 is 0 Å². The first-order valence-electron chi connectivity index (χ1n) is 8.60. The van der Waals surface area contributed by atoms with Crippen LogP contribution in [0.25, 0.3) is 5.57 Å². The van der Waals surface area contributed by atoms with Crippen LogP contribution in [0.1, 0.15) is 33.3 Å². The zero-order valence-corrected chi connectivity index (χ0v) is 16.2. The summed E-state index contributed by atoms with van der Waals surface area (Å²) in [5, 5.41) is 26.5. The summed E-state index contributed by atoms with van der Waals surface area (Å²) >= 11 is 0. The molecular formula is C20H22N4O4. The Bertz CT molecular complexity index is 944. The summed E-state index contributed by atoms with van der Waals surface area (Å²) in [4.78, 5) is 20.8. The van der Waals surface area contributed by atoms with Crippen LogP contribution in [0.2, 0.25) is 0 Å². The fraction of sp³-hybridized carbons (Fsp3) is 0.250. The first-order valence-corrected chi connectivity index (χ1v) is 8.60. The van der Waals surface area contributed by atoms with Gasteiger partial charge in [-0.05, 0) is 30.2 Å². The van der Waals surface area contributed by atoms with Gasteiger partial charge in [0.15, 0.2) is 0 Å². The van der Waals surface area contributed by atoms with Crippen LogP contribution in [0.5, 0.6) is 0 Å². The third-order valence-corrected chi connectivity index (χ3v) is 4.04. The lowest BCUT2D eigenvalue weighted by atomic mass is 9.88. The molecule has 0 aliphatic rings. The molecule has 0 saturated carbocycles. The summed E-state index contributed by atoms with van der Waals surface area (Å²) in [5.41, 5.74) is 4.42. The number of non-ortho nitro benzene ring substituents is 1. The highest BCUT2D eigenvalue weighted by atomic mass is 16.6. The van der Waals surface area contributed by atoms with E-state index in [0.29, 0.717) is 5.71 Å². The van der Waals surface area contributed by atoms with Gasteiger partial charge in [0.1, 0.15) is 5.69 Å². The average molecular weight is 382 g/mol. The van der Waals surface area contributed by atoms with Crippen LogP contribution in [0, 0.1) is 25.6 Å². The second-order valence-electron chi connectivity index (χ2n) is 7.27. The van der Waals surface area contributed by atoms with Gasteiger partial charge in [0.25, 0.3) is 5.69 Å². The Morgan fingerprint density at radius 1 is 1.04 bits per heavy atom. The Morgan fingerprint density at radius 3 is 2.21 bits per heavy atom. The summed E-state index contributed by atoms with van der Waals surface area (Å²) in [6.07, 6.45) is 1.92. The fourth-order valence-corrected chi connectivity index (χ4v) is 2.41. The minimum absolute atomic E-state index is 0.0862. The maximum Gasteiger partial charge on any atom is 0.301 e. The average Bonchev–Trinajstić information content (AvgIpc) is 2.64. The number of nitro groups is 2. The molecule has 2 aromatic rings. The zero-order chi connectivity index (χ0) is 20.9. The number of anilines is 1. The van der Waals surface area contributed by atoms with Crippen molar-refractivity contribution < 1.29 is 9.85 Å². The van der Waals surface area contributed by atoms with Gasteiger partial charge in [-0.1, -0.05) is 51.1 Å². The van der Waals surface area contributed by atoms with Crippen LogP contribution in [0.15, 0.2) is 59.7 Å². The molecule has 0 atom stereocenters. The quantitative estimate of drug-likeness (QED) is 0.407. The Labute approximate surface area is 162 Å². The predicted octanol–water partition coefficient (Wildman–Crippen LogP) is 5.42. The normalized spacial score (nSPS) is 12.6. The van der Waals surface area contributed by atoms with E-state index in [1.165, 1.54) is 12.1 Å². The second-order valence-corrected chi connectivity index (χ2v) is 7.27. The van der Waals surface area contributed by atoms with Crippen LogP contribution in [0.4, 0.5) is 17.1 Å². The number of hydrogen-bond donors (Lipinski definition) is 1. The van der Waals surface area contributed by atoms with Crippen LogP contribution >= 0.6 is 0 Å². The van der Waals surface area contributed by atoms with E-state index in [0.717, 1.165) is 17.2 Å². The third kappa shape index (κ3) is 5.23. The molecule has 146 valence electrons. The maximum absolute atomic E-state index is 11.3. The van der Waals surface area contributed by atoms with Crippen molar-refractivity contribution in [2.45, 2.75) is 27.7 Å². The van der Waals surface area contributed by atoms with Crippen LogP contribution in [-0.4, -0.2) is 15.6 Å². The molecule has 0 aromatic heterocycles. The Kier molecular flexibility index (Phi) is 6.25. The van der Waals surface area contributed by atoms with E-state index in [2.05, 4.69) is 10.5 Å². The summed E-state index contributed by atoms with van der Waals surface area (Å²) < 4.78 is 0. The number of nitrogens with zero attached hydrogens (tertiary/aromatic N) is 3. The molecule has 0 bridgehead atoms. The van der Waals surface area contributed by atoms with Crippen molar-refractivity contribution in [1.82, 2.24) is 0 Å². The first-order chi connectivity index (χ1) is 13.1. The number of hydrazone groups is 1. The van der Waals surface area contributed by atoms with Gasteiger partial charge in [-0.25, -0.2) is 0 Å². The molecule has 0 heterocycles. The van der Waals surface area contributed by atoms with Gasteiger partial charge in [0.05, 0.1) is 21.6 Å². The van der Waals surface area contributed by atoms with Crippen molar-refractivity contribution in [2.75, 3.05) is 5.43 Å². The number of nitro benzene ring substituents is 2. The minimum Gasteiger partial charge on any atom is -0.271 e. The fourth-order valence-electron chi connectivity index (χ4n) is 2.41. The van der Waals surface area contributed by atoms with E-state index in [1.807, 2.05) is 64.1 Å². The summed E-state index contributed by atoms with van der Waals surface area (Å²) in [7, 11) is 0. The molecule has 8 heteroatoms. The highest BCUT2D eigenvalue weighted by Crippen LogP contribution is 2.29. The number of hydrogen-bond acceptors (Lipinski definition) is 6. The Hall–Kier alpha value is -3.55. The first kappa shape index (κ1) is 20.8. The molecule has 0 saturated heterocycles. The molecule has 0 aliphatic carbocycles. The SMILES string of the molecule is C/C(=C\C(=N/Nc1ccc([N+](=O)[O-])cc1[N+](=O)[O-])C(C)(C)C)c1ccccc1. The van der Waals surface area contributed by atoms with Gasteiger partial charge >= 0.3 is 5.69 Å². The summed E-state index contributed by atoms with van der Waals surface area (Å²) in [5.74, 6) is 0. The van der Waals surface area contributed by atoms with Crippen molar-refractivity contribution in [1.29, 1.82) is 0 Å². The molecule has 2 rings (SSSR count). The number of nitrogens with one attached hydrogen (secondary N) is 1. The van der Waals surface area contributed by atoms with Crippen molar-refractivity contribution in [2.24, 2.45) is 10.5 Å². The smallest absolute Gasteiger partial charge is 0.271 e. The van der Waals surface area contributed by atoms with Crippen LogP contribution in [0.3, 0.4) is 0 Å². The number of benzene rings is 2. The highest BCUT2D eigenvalue weighted by molar-refractivity contribution is 6.04. The molecule has 0 amide bonds. The van der Waals surface area contributed by atoms with Crippen LogP contribution < -0.4 is 5.43 Å². The molecular weight excluding hydrogens is 360 g/mol. The number of allylic oxidation sites excluding steroid dienone is 2. The van der Waals surface area contributed by atoms with Crippen molar-refractivity contribution in [3.8, 4) is 0 Å². The topological polar surface area (TPSA) is 111 Å². The second kappa shape index (κ2) is 8.43. The third-order valence-electron chi connectivity index (χ3n) is 4.04. The van der Waals surface area contributed by atoms with Gasteiger partial charge < -0.3 is 0 Å². The molecule has 28 heavy (non-hydrogen) atoms. The lowest BCUT2D eigenvalue weighted by Crippen LogP contribution is -2.20. The molecule has 0 aliphatic heterocycles. The maximum atomic E-state index is 11.3. The molecule has 1 N–H and O–H groups in total. The molecule has 0 spiro atoms. The zero-order valence-electron chi connectivity index (χ0n) is 16.2. The van der Waals surface area contributed by atoms with E-state index in [-0.39, 0.29) is 16.8 Å². The molecule has 0 radical (unpaired) electrons. The van der Waals surface area contributed by atoms with E-state index in [1.54, 1.807) is 0 Å². The van der Waals surface area contributed by atoms with Gasteiger partial charge in [0.2, 0.25) is 0 Å². The lowest BCUT2D eigenvalue weighted by Gasteiger charge is -2.20. The van der Waals surface area contributed by atoms with E-state index in [9.17, 15) is 20.2 Å². The van der Waals surface area contributed by atoms with Gasteiger partial charge in [-0.15, -0.1) is 0 Å². The van der Waals surface area contributed by atoms with Gasteiger partial charge in [-0.3, -0.25) is 25.7 Å². The summed E-state index contributed by atoms with van der Waals surface area (Å²) in [6, 6.07) is 13.2. The number of rotatable bonds is 6. The summed E-state index contributed by atoms with van der Waals surface area (Å²) in [6.45, 7) is 7.90. The molecule has 2 aromatic carbocycles.